The maximum absolute atomic E-state index is 11.8. The average molecular weight is 282 g/mol. The zero-order chi connectivity index (χ0) is 14.2. The molecule has 21 heavy (non-hydrogen) atoms. The van der Waals surface area contributed by atoms with E-state index >= 15 is 0 Å². The highest BCUT2D eigenvalue weighted by molar-refractivity contribution is 5.77. The molecule has 0 spiro atoms. The van der Waals surface area contributed by atoms with Crippen LogP contribution in [0.2, 0.25) is 0 Å². The van der Waals surface area contributed by atoms with Gasteiger partial charge < -0.3 is 4.52 Å². The van der Waals surface area contributed by atoms with Crippen molar-refractivity contribution in [2.24, 2.45) is 0 Å². The van der Waals surface area contributed by atoms with Crippen molar-refractivity contribution in [3.63, 3.8) is 0 Å². The van der Waals surface area contributed by atoms with Crippen LogP contribution in [0.25, 0.3) is 10.9 Å². The third-order valence-electron chi connectivity index (χ3n) is 4.00. The number of aromatic nitrogens is 4. The molecule has 0 aliphatic heterocycles. The molecule has 1 aliphatic carbocycles. The molecule has 0 bridgehead atoms. The van der Waals surface area contributed by atoms with Gasteiger partial charge in [0, 0.05) is 11.3 Å². The highest BCUT2D eigenvalue weighted by Gasteiger charge is 2.24. The van der Waals surface area contributed by atoms with Crippen LogP contribution in [0.4, 0.5) is 0 Å². The normalized spacial score (nSPS) is 15.2. The predicted octanol–water partition coefficient (Wildman–Crippen LogP) is 2.10. The Morgan fingerprint density at radius 3 is 2.95 bits per heavy atom. The third-order valence-corrected chi connectivity index (χ3v) is 4.00. The summed E-state index contributed by atoms with van der Waals surface area (Å²) in [6.45, 7) is 0.376. The fraction of sp³-hybridized carbons (Fsp3) is 0.333. The smallest absolute Gasteiger partial charge is 0.248 e. The van der Waals surface area contributed by atoms with Crippen LogP contribution in [-0.2, 0) is 6.54 Å². The first-order valence-corrected chi connectivity index (χ1v) is 7.08. The molecule has 0 amide bonds. The minimum atomic E-state index is -0.0810. The molecule has 0 N–H and O–H groups in total. The van der Waals surface area contributed by atoms with Crippen molar-refractivity contribution in [2.75, 3.05) is 0 Å². The summed E-state index contributed by atoms with van der Waals surface area (Å²) in [4.78, 5) is 16.2. The maximum atomic E-state index is 11.8. The summed E-state index contributed by atoms with van der Waals surface area (Å²) >= 11 is 0. The van der Waals surface area contributed by atoms with E-state index in [1.165, 1.54) is 12.6 Å². The summed E-state index contributed by atoms with van der Waals surface area (Å²) in [6.07, 6.45) is 4.84. The second kappa shape index (κ2) is 4.80. The van der Waals surface area contributed by atoms with Crippen molar-refractivity contribution in [3.8, 4) is 0 Å². The molecule has 3 aromatic rings. The van der Waals surface area contributed by atoms with E-state index in [2.05, 4.69) is 15.2 Å². The third kappa shape index (κ3) is 2.12. The molecule has 4 rings (SSSR count). The van der Waals surface area contributed by atoms with Gasteiger partial charge in [-0.2, -0.15) is 10.1 Å². The standard InChI is InChI=1S/C15H14N4O2/c20-13-8-16-19(12-7-2-1-6-11(12)13)9-14-17-15(18-21-14)10-4-3-5-10/h1-2,6-8,10H,3-5,9H2. The fourth-order valence-corrected chi connectivity index (χ4v) is 2.58. The van der Waals surface area contributed by atoms with Gasteiger partial charge in [-0.25, -0.2) is 0 Å². The van der Waals surface area contributed by atoms with Crippen LogP contribution in [-0.4, -0.2) is 19.9 Å². The molecular weight excluding hydrogens is 268 g/mol. The Morgan fingerprint density at radius 2 is 2.14 bits per heavy atom. The van der Waals surface area contributed by atoms with Gasteiger partial charge in [-0.1, -0.05) is 23.7 Å². The lowest BCUT2D eigenvalue weighted by Crippen LogP contribution is -2.13. The number of nitrogens with zero attached hydrogens (tertiary/aromatic N) is 4. The molecule has 1 aliphatic rings. The van der Waals surface area contributed by atoms with E-state index < -0.39 is 0 Å². The van der Waals surface area contributed by atoms with E-state index in [9.17, 15) is 4.79 Å². The van der Waals surface area contributed by atoms with Gasteiger partial charge in [-0.3, -0.25) is 9.48 Å². The van der Waals surface area contributed by atoms with E-state index in [1.807, 2.05) is 18.2 Å². The number of rotatable bonds is 3. The van der Waals surface area contributed by atoms with E-state index in [4.69, 9.17) is 4.52 Å². The SMILES string of the molecule is O=c1cnn(Cc2nc(C3CCC3)no2)c2ccccc12. The number of hydrogen-bond acceptors (Lipinski definition) is 5. The molecule has 6 heteroatoms. The lowest BCUT2D eigenvalue weighted by Gasteiger charge is -2.20. The molecule has 1 saturated carbocycles. The lowest BCUT2D eigenvalue weighted by molar-refractivity contribution is 0.341. The fourth-order valence-electron chi connectivity index (χ4n) is 2.58. The van der Waals surface area contributed by atoms with Crippen molar-refractivity contribution in [2.45, 2.75) is 31.7 Å². The first-order chi connectivity index (χ1) is 10.3. The van der Waals surface area contributed by atoms with Gasteiger partial charge >= 0.3 is 0 Å². The second-order valence-corrected chi connectivity index (χ2v) is 5.36. The quantitative estimate of drug-likeness (QED) is 0.735. The summed E-state index contributed by atoms with van der Waals surface area (Å²) in [7, 11) is 0. The van der Waals surface area contributed by atoms with Crippen LogP contribution in [0.1, 0.15) is 36.9 Å². The Morgan fingerprint density at radius 1 is 1.29 bits per heavy atom. The number of benzene rings is 1. The topological polar surface area (TPSA) is 73.8 Å². The van der Waals surface area contributed by atoms with Crippen molar-refractivity contribution in [1.82, 2.24) is 19.9 Å². The molecule has 2 heterocycles. The van der Waals surface area contributed by atoms with E-state index in [0.717, 1.165) is 24.2 Å². The van der Waals surface area contributed by atoms with Crippen LogP contribution in [0, 0.1) is 0 Å². The molecule has 0 unspecified atom stereocenters. The highest BCUT2D eigenvalue weighted by atomic mass is 16.5. The van der Waals surface area contributed by atoms with Gasteiger partial charge in [0.25, 0.3) is 0 Å². The molecule has 1 fully saturated rings. The summed E-state index contributed by atoms with van der Waals surface area (Å²) in [5.41, 5.74) is 0.691. The van der Waals surface area contributed by atoms with E-state index in [0.29, 0.717) is 23.7 Å². The van der Waals surface area contributed by atoms with Gasteiger partial charge in [-0.05, 0) is 25.0 Å². The molecule has 0 saturated heterocycles. The molecule has 106 valence electrons. The summed E-state index contributed by atoms with van der Waals surface area (Å²) in [5.74, 6) is 1.76. The van der Waals surface area contributed by atoms with E-state index in [1.54, 1.807) is 10.7 Å². The van der Waals surface area contributed by atoms with Crippen molar-refractivity contribution >= 4 is 10.9 Å². The van der Waals surface area contributed by atoms with Crippen LogP contribution in [0.5, 0.6) is 0 Å². The molecule has 2 aromatic heterocycles. The minimum Gasteiger partial charge on any atom is -0.337 e. The highest BCUT2D eigenvalue weighted by Crippen LogP contribution is 2.34. The van der Waals surface area contributed by atoms with Crippen LogP contribution < -0.4 is 5.43 Å². The lowest BCUT2D eigenvalue weighted by atomic mass is 9.85. The van der Waals surface area contributed by atoms with E-state index in [-0.39, 0.29) is 5.43 Å². The van der Waals surface area contributed by atoms with Crippen molar-refractivity contribution in [1.29, 1.82) is 0 Å². The Hall–Kier alpha value is -2.50. The van der Waals surface area contributed by atoms with Crippen LogP contribution >= 0.6 is 0 Å². The first-order valence-electron chi connectivity index (χ1n) is 7.08. The Bertz CT molecular complexity index is 848. The monoisotopic (exact) mass is 282 g/mol. The first kappa shape index (κ1) is 12.3. The van der Waals surface area contributed by atoms with Crippen LogP contribution in [0.15, 0.2) is 39.8 Å². The molecule has 6 nitrogen and oxygen atoms in total. The largest absolute Gasteiger partial charge is 0.337 e. The van der Waals surface area contributed by atoms with Gasteiger partial charge in [0.15, 0.2) is 5.82 Å². The molecular formula is C15H14N4O2. The number of para-hydroxylation sites is 1. The molecule has 0 atom stereocenters. The Kier molecular flexibility index (Phi) is 2.80. The summed E-state index contributed by atoms with van der Waals surface area (Å²) in [5, 5.41) is 8.85. The molecule has 0 radical (unpaired) electrons. The minimum absolute atomic E-state index is 0.0810. The zero-order valence-electron chi connectivity index (χ0n) is 11.4. The number of fused-ring (bicyclic) bond motifs is 1. The van der Waals surface area contributed by atoms with Gasteiger partial charge in [0.1, 0.15) is 6.54 Å². The Labute approximate surface area is 120 Å². The van der Waals surface area contributed by atoms with Crippen molar-refractivity contribution < 1.29 is 4.52 Å². The van der Waals surface area contributed by atoms with Gasteiger partial charge in [-0.15, -0.1) is 0 Å². The molecule has 1 aromatic carbocycles. The number of hydrogen-bond donors (Lipinski definition) is 0. The van der Waals surface area contributed by atoms with Crippen molar-refractivity contribution in [3.05, 3.63) is 52.4 Å². The Balaban J connectivity index is 1.69. The summed E-state index contributed by atoms with van der Waals surface area (Å²) in [6, 6.07) is 7.39. The predicted molar refractivity (Wildman–Crippen MR) is 76.0 cm³/mol. The maximum Gasteiger partial charge on any atom is 0.248 e. The van der Waals surface area contributed by atoms with Crippen LogP contribution in [0.3, 0.4) is 0 Å². The zero-order valence-corrected chi connectivity index (χ0v) is 11.4. The second-order valence-electron chi connectivity index (χ2n) is 5.36. The van der Waals surface area contributed by atoms with Gasteiger partial charge in [0.2, 0.25) is 11.3 Å². The average Bonchev–Trinajstić information content (AvgIpc) is 2.88. The van der Waals surface area contributed by atoms with Gasteiger partial charge in [0.05, 0.1) is 11.7 Å². The summed E-state index contributed by atoms with van der Waals surface area (Å²) < 4.78 is 7.02.